The summed E-state index contributed by atoms with van der Waals surface area (Å²) in [6.07, 6.45) is 3.78. The van der Waals surface area contributed by atoms with E-state index in [0.717, 1.165) is 12.1 Å². The van der Waals surface area contributed by atoms with Crippen LogP contribution in [-0.4, -0.2) is 15.9 Å². The van der Waals surface area contributed by atoms with Gasteiger partial charge < -0.3 is 5.32 Å². The summed E-state index contributed by atoms with van der Waals surface area (Å²) in [7, 11) is 0. The summed E-state index contributed by atoms with van der Waals surface area (Å²) >= 11 is 5.62. The zero-order valence-electron chi connectivity index (χ0n) is 9.53. The zero-order valence-corrected chi connectivity index (χ0v) is 10.3. The Morgan fingerprint density at radius 3 is 2.68 bits per heavy atom. The predicted octanol–water partition coefficient (Wildman–Crippen LogP) is 2.59. The number of benzene rings is 1. The van der Waals surface area contributed by atoms with Crippen molar-refractivity contribution in [1.82, 2.24) is 9.97 Å². The second-order valence-electron chi connectivity index (χ2n) is 3.64. The van der Waals surface area contributed by atoms with Crippen molar-refractivity contribution in [2.45, 2.75) is 6.42 Å². The Hall–Kier alpha value is -2.08. The SMILES string of the molecule is O=C(Cc1c(F)ccc(F)c1Cl)Nc1cnccn1. The van der Waals surface area contributed by atoms with E-state index in [1.807, 2.05) is 0 Å². The Kier molecular flexibility index (Phi) is 4.01. The van der Waals surface area contributed by atoms with E-state index in [2.05, 4.69) is 15.3 Å². The van der Waals surface area contributed by atoms with Crippen molar-refractivity contribution < 1.29 is 13.6 Å². The van der Waals surface area contributed by atoms with Gasteiger partial charge in [0, 0.05) is 18.0 Å². The standard InChI is InChI=1S/C12H8ClF2N3O/c13-12-7(8(14)1-2-9(12)15)5-11(19)18-10-6-16-3-4-17-10/h1-4,6H,5H2,(H,17,18,19). The Labute approximate surface area is 112 Å². The highest BCUT2D eigenvalue weighted by molar-refractivity contribution is 6.31. The molecule has 0 bridgehead atoms. The molecular weight excluding hydrogens is 276 g/mol. The second kappa shape index (κ2) is 5.71. The van der Waals surface area contributed by atoms with E-state index in [1.165, 1.54) is 18.6 Å². The second-order valence-corrected chi connectivity index (χ2v) is 4.02. The smallest absolute Gasteiger partial charge is 0.230 e. The largest absolute Gasteiger partial charge is 0.309 e. The average Bonchev–Trinajstić information content (AvgIpc) is 2.40. The van der Waals surface area contributed by atoms with Gasteiger partial charge in [0.05, 0.1) is 17.6 Å². The molecule has 1 N–H and O–H groups in total. The van der Waals surface area contributed by atoms with Gasteiger partial charge in [-0.3, -0.25) is 9.78 Å². The summed E-state index contributed by atoms with van der Waals surface area (Å²) < 4.78 is 26.7. The van der Waals surface area contributed by atoms with Gasteiger partial charge in [-0.05, 0) is 12.1 Å². The predicted molar refractivity (Wildman–Crippen MR) is 65.7 cm³/mol. The number of carbonyl (C=O) groups is 1. The van der Waals surface area contributed by atoms with Crippen LogP contribution in [0.1, 0.15) is 5.56 Å². The highest BCUT2D eigenvalue weighted by Gasteiger charge is 2.15. The monoisotopic (exact) mass is 283 g/mol. The molecule has 98 valence electrons. The molecule has 1 heterocycles. The van der Waals surface area contributed by atoms with E-state index >= 15 is 0 Å². The fourth-order valence-electron chi connectivity index (χ4n) is 1.44. The Morgan fingerprint density at radius 1 is 1.26 bits per heavy atom. The molecule has 1 amide bonds. The molecule has 1 aromatic carbocycles. The van der Waals surface area contributed by atoms with Gasteiger partial charge in [-0.1, -0.05) is 11.6 Å². The maximum atomic E-state index is 13.5. The first-order chi connectivity index (χ1) is 9.08. The van der Waals surface area contributed by atoms with Crippen molar-refractivity contribution in [3.8, 4) is 0 Å². The van der Waals surface area contributed by atoms with Crippen LogP contribution < -0.4 is 5.32 Å². The fraction of sp³-hybridized carbons (Fsp3) is 0.0833. The lowest BCUT2D eigenvalue weighted by atomic mass is 10.1. The van der Waals surface area contributed by atoms with Gasteiger partial charge in [0.2, 0.25) is 5.91 Å². The van der Waals surface area contributed by atoms with Crippen LogP contribution >= 0.6 is 11.6 Å². The van der Waals surface area contributed by atoms with E-state index in [4.69, 9.17) is 11.6 Å². The summed E-state index contributed by atoms with van der Waals surface area (Å²) in [5.74, 6) is -1.85. The van der Waals surface area contributed by atoms with E-state index in [0.29, 0.717) is 0 Å². The third-order valence-electron chi connectivity index (χ3n) is 2.31. The lowest BCUT2D eigenvalue weighted by Gasteiger charge is -2.07. The van der Waals surface area contributed by atoms with Crippen LogP contribution in [0.25, 0.3) is 0 Å². The van der Waals surface area contributed by atoms with Gasteiger partial charge in [0.25, 0.3) is 0 Å². The lowest BCUT2D eigenvalue weighted by molar-refractivity contribution is -0.115. The minimum absolute atomic E-state index is 0.192. The summed E-state index contributed by atoms with van der Waals surface area (Å²) in [5.41, 5.74) is -0.192. The third-order valence-corrected chi connectivity index (χ3v) is 2.72. The van der Waals surface area contributed by atoms with Gasteiger partial charge in [-0.15, -0.1) is 0 Å². The van der Waals surface area contributed by atoms with Crippen molar-refractivity contribution in [2.24, 2.45) is 0 Å². The first kappa shape index (κ1) is 13.4. The van der Waals surface area contributed by atoms with Crippen LogP contribution in [0.5, 0.6) is 0 Å². The van der Waals surface area contributed by atoms with Gasteiger partial charge in [0.15, 0.2) is 5.82 Å². The number of nitrogens with zero attached hydrogens (tertiary/aromatic N) is 2. The quantitative estimate of drug-likeness (QED) is 0.881. The number of rotatable bonds is 3. The van der Waals surface area contributed by atoms with Crippen LogP contribution in [0.3, 0.4) is 0 Å². The molecule has 0 aliphatic heterocycles. The summed E-state index contributed by atoms with van der Waals surface area (Å²) in [6.45, 7) is 0. The number of hydrogen-bond acceptors (Lipinski definition) is 3. The van der Waals surface area contributed by atoms with E-state index in [9.17, 15) is 13.6 Å². The van der Waals surface area contributed by atoms with E-state index in [-0.39, 0.29) is 17.8 Å². The highest BCUT2D eigenvalue weighted by atomic mass is 35.5. The van der Waals surface area contributed by atoms with Crippen LogP contribution in [-0.2, 0) is 11.2 Å². The van der Waals surface area contributed by atoms with Crippen LogP contribution in [0.4, 0.5) is 14.6 Å². The van der Waals surface area contributed by atoms with Crippen LogP contribution in [0.15, 0.2) is 30.7 Å². The molecule has 0 saturated carbocycles. The topological polar surface area (TPSA) is 54.9 Å². The molecule has 2 aromatic rings. The normalized spacial score (nSPS) is 10.3. The molecule has 0 radical (unpaired) electrons. The molecule has 0 unspecified atom stereocenters. The first-order valence-electron chi connectivity index (χ1n) is 5.26. The van der Waals surface area contributed by atoms with Crippen LogP contribution in [0.2, 0.25) is 5.02 Å². The van der Waals surface area contributed by atoms with Gasteiger partial charge >= 0.3 is 0 Å². The van der Waals surface area contributed by atoms with Crippen molar-refractivity contribution >= 4 is 23.3 Å². The number of anilines is 1. The van der Waals surface area contributed by atoms with Crippen molar-refractivity contribution in [3.05, 3.63) is 52.9 Å². The molecule has 1 aromatic heterocycles. The Bertz CT molecular complexity index is 607. The average molecular weight is 284 g/mol. The Morgan fingerprint density at radius 2 is 2.00 bits per heavy atom. The maximum absolute atomic E-state index is 13.5. The number of carbonyl (C=O) groups excluding carboxylic acids is 1. The van der Waals surface area contributed by atoms with E-state index in [1.54, 1.807) is 0 Å². The molecular formula is C12H8ClF2N3O. The summed E-state index contributed by atoms with van der Waals surface area (Å²) in [5, 5.41) is 2.01. The van der Waals surface area contributed by atoms with Crippen molar-refractivity contribution in [2.75, 3.05) is 5.32 Å². The zero-order chi connectivity index (χ0) is 13.8. The number of halogens is 3. The molecule has 0 fully saturated rings. The molecule has 4 nitrogen and oxygen atoms in total. The molecule has 19 heavy (non-hydrogen) atoms. The molecule has 0 aliphatic carbocycles. The van der Waals surface area contributed by atoms with Crippen LogP contribution in [0, 0.1) is 11.6 Å². The first-order valence-corrected chi connectivity index (χ1v) is 5.64. The maximum Gasteiger partial charge on any atom is 0.230 e. The summed E-state index contributed by atoms with van der Waals surface area (Å²) in [6, 6.07) is 1.83. The molecule has 0 saturated heterocycles. The highest BCUT2D eigenvalue weighted by Crippen LogP contribution is 2.23. The molecule has 0 aliphatic rings. The number of hydrogen-bond donors (Lipinski definition) is 1. The number of amides is 1. The minimum atomic E-state index is -0.773. The number of aromatic nitrogens is 2. The van der Waals surface area contributed by atoms with Gasteiger partial charge in [-0.2, -0.15) is 0 Å². The van der Waals surface area contributed by atoms with Gasteiger partial charge in [-0.25, -0.2) is 13.8 Å². The summed E-state index contributed by atoms with van der Waals surface area (Å²) in [4.78, 5) is 19.3. The van der Waals surface area contributed by atoms with E-state index < -0.39 is 22.6 Å². The van der Waals surface area contributed by atoms with Gasteiger partial charge in [0.1, 0.15) is 11.6 Å². The third kappa shape index (κ3) is 3.23. The molecule has 2 rings (SSSR count). The fourth-order valence-corrected chi connectivity index (χ4v) is 1.66. The number of nitrogens with one attached hydrogen (secondary N) is 1. The lowest BCUT2D eigenvalue weighted by Crippen LogP contribution is -2.16. The van der Waals surface area contributed by atoms with Crippen molar-refractivity contribution in [1.29, 1.82) is 0 Å². The molecule has 0 atom stereocenters. The van der Waals surface area contributed by atoms with Crippen molar-refractivity contribution in [3.63, 3.8) is 0 Å². The molecule has 7 heteroatoms. The Balaban J connectivity index is 2.14. The molecule has 0 spiro atoms. The minimum Gasteiger partial charge on any atom is -0.309 e.